The third-order valence-corrected chi connectivity index (χ3v) is 10.5. The lowest BCUT2D eigenvalue weighted by Crippen LogP contribution is -2.44. The molecule has 290 valence electrons. The lowest BCUT2D eigenvalue weighted by atomic mass is 9.98. The van der Waals surface area contributed by atoms with Crippen LogP contribution in [0.4, 0.5) is 0 Å². The minimum Gasteiger partial charge on any atom is -0.465 e. The first-order valence-electron chi connectivity index (χ1n) is 18.6. The zero-order valence-corrected chi connectivity index (χ0v) is 33.6. The van der Waals surface area contributed by atoms with Gasteiger partial charge in [0.05, 0.1) is 18.7 Å². The summed E-state index contributed by atoms with van der Waals surface area (Å²) in [5.41, 5.74) is 3.44. The summed E-state index contributed by atoms with van der Waals surface area (Å²) in [6.07, 6.45) is 6.52. The molecule has 0 radical (unpaired) electrons. The second-order valence-corrected chi connectivity index (χ2v) is 14.7. The monoisotopic (exact) mass is 788 g/mol. The molecule has 11 nitrogen and oxygen atoms in total. The average Bonchev–Trinajstić information content (AvgIpc) is 3.61. The van der Waals surface area contributed by atoms with Crippen LogP contribution < -0.4 is 5.32 Å². The number of hydrogen-bond acceptors (Lipinski definition) is 8. The molecule has 1 heterocycles. The van der Waals surface area contributed by atoms with Crippen LogP contribution in [0.3, 0.4) is 0 Å². The van der Waals surface area contributed by atoms with E-state index >= 15 is 0 Å². The van der Waals surface area contributed by atoms with Crippen LogP contribution in [-0.4, -0.2) is 99.3 Å². The molecule has 3 amide bonds. The molecule has 0 spiro atoms. The van der Waals surface area contributed by atoms with Crippen LogP contribution in [0.15, 0.2) is 48.7 Å². The van der Waals surface area contributed by atoms with Gasteiger partial charge >= 0.3 is 5.97 Å². The highest BCUT2D eigenvalue weighted by Crippen LogP contribution is 2.28. The van der Waals surface area contributed by atoms with E-state index in [0.717, 1.165) is 40.3 Å². The van der Waals surface area contributed by atoms with Crippen molar-refractivity contribution in [3.63, 3.8) is 0 Å². The van der Waals surface area contributed by atoms with Gasteiger partial charge in [-0.15, -0.1) is 5.10 Å². The van der Waals surface area contributed by atoms with Crippen molar-refractivity contribution in [3.05, 3.63) is 81.1 Å². The lowest BCUT2D eigenvalue weighted by molar-refractivity contribution is -0.143. The van der Waals surface area contributed by atoms with E-state index in [2.05, 4.69) is 22.6 Å². The molecule has 0 aliphatic carbocycles. The number of hydrogen-bond donors (Lipinski definition) is 1. The summed E-state index contributed by atoms with van der Waals surface area (Å²) in [7, 11) is 0. The number of ether oxygens (including phenoxy) is 1. The molecule has 53 heavy (non-hydrogen) atoms. The van der Waals surface area contributed by atoms with Crippen LogP contribution in [0, 0.1) is 0 Å². The summed E-state index contributed by atoms with van der Waals surface area (Å²) < 4.78 is 7.22. The lowest BCUT2D eigenvalue weighted by Gasteiger charge is -2.28. The van der Waals surface area contributed by atoms with Gasteiger partial charge in [0, 0.05) is 93.4 Å². The topological polar surface area (TPSA) is 127 Å². The molecule has 3 rings (SSSR count). The summed E-state index contributed by atoms with van der Waals surface area (Å²) >= 11 is 14.6. The molecule has 0 aliphatic heterocycles. The summed E-state index contributed by atoms with van der Waals surface area (Å²) in [5.74, 6) is 1.64. The molecule has 3 aromatic rings. The Morgan fingerprint density at radius 3 is 2.21 bits per heavy atom. The smallest absolute Gasteiger partial charge is 0.310 e. The zero-order valence-electron chi connectivity index (χ0n) is 31.3. The van der Waals surface area contributed by atoms with Gasteiger partial charge in [-0.05, 0) is 53.8 Å². The summed E-state index contributed by atoms with van der Waals surface area (Å²) in [5, 5.41) is 12.5. The second-order valence-electron chi connectivity index (χ2n) is 12.7. The molecule has 1 aromatic heterocycles. The zero-order chi connectivity index (χ0) is 38.4. The number of rotatable bonds is 25. The molecule has 1 N–H and O–H groups in total. The maximum absolute atomic E-state index is 12.6. The molecule has 0 atom stereocenters. The minimum atomic E-state index is -0.313. The highest BCUT2D eigenvalue weighted by Gasteiger charge is 2.17. The Morgan fingerprint density at radius 2 is 1.53 bits per heavy atom. The molecule has 0 saturated heterocycles. The van der Waals surface area contributed by atoms with Crippen molar-refractivity contribution < 1.29 is 23.9 Å². The van der Waals surface area contributed by atoms with Gasteiger partial charge in [-0.3, -0.25) is 23.9 Å². The second kappa shape index (κ2) is 24.7. The number of benzene rings is 2. The molecule has 0 fully saturated rings. The van der Waals surface area contributed by atoms with Crippen LogP contribution in [-0.2, 0) is 49.7 Å². The number of esters is 1. The molecule has 14 heteroatoms. The molecule has 0 bridgehead atoms. The fourth-order valence-electron chi connectivity index (χ4n) is 5.66. The van der Waals surface area contributed by atoms with Gasteiger partial charge in [0.2, 0.25) is 17.7 Å². The number of amides is 3. The fourth-order valence-corrected chi connectivity index (χ4v) is 7.03. The Balaban J connectivity index is 1.32. The van der Waals surface area contributed by atoms with Crippen molar-refractivity contribution in [1.29, 1.82) is 0 Å². The number of aromatic nitrogens is 3. The highest BCUT2D eigenvalue weighted by atomic mass is 35.5. The molecular formula is C39H54Cl2N6O5S. The van der Waals surface area contributed by atoms with Crippen molar-refractivity contribution in [2.75, 3.05) is 50.8 Å². The van der Waals surface area contributed by atoms with Gasteiger partial charge in [0.25, 0.3) is 0 Å². The summed E-state index contributed by atoms with van der Waals surface area (Å²) in [6.45, 7) is 8.96. The van der Waals surface area contributed by atoms with Crippen LogP contribution in [0.1, 0.15) is 81.7 Å². The maximum Gasteiger partial charge on any atom is 0.310 e. The fraction of sp³-hybridized carbons (Fsp3) is 0.538. The van der Waals surface area contributed by atoms with E-state index in [9.17, 15) is 19.2 Å². The first-order chi connectivity index (χ1) is 25.6. The number of halogens is 2. The van der Waals surface area contributed by atoms with E-state index in [1.54, 1.807) is 27.8 Å². The maximum atomic E-state index is 12.6. The molecular weight excluding hydrogens is 735 g/mol. The van der Waals surface area contributed by atoms with Crippen molar-refractivity contribution in [2.24, 2.45) is 0 Å². The van der Waals surface area contributed by atoms with Crippen LogP contribution in [0.5, 0.6) is 0 Å². The first-order valence-corrected chi connectivity index (χ1v) is 20.5. The van der Waals surface area contributed by atoms with Crippen molar-refractivity contribution in [2.45, 2.75) is 85.1 Å². The Bertz CT molecular complexity index is 1590. The predicted octanol–water partition coefficient (Wildman–Crippen LogP) is 6.41. The Morgan fingerprint density at radius 1 is 0.849 bits per heavy atom. The van der Waals surface area contributed by atoms with E-state index in [4.69, 9.17) is 27.9 Å². The predicted molar refractivity (Wildman–Crippen MR) is 212 cm³/mol. The summed E-state index contributed by atoms with van der Waals surface area (Å²) in [4.78, 5) is 53.8. The van der Waals surface area contributed by atoms with Crippen LogP contribution in [0.2, 0.25) is 10.0 Å². The number of thioether (sulfide) groups is 1. The summed E-state index contributed by atoms with van der Waals surface area (Å²) in [6, 6.07) is 13.1. The van der Waals surface area contributed by atoms with E-state index < -0.39 is 0 Å². The number of carbonyl (C=O) groups excluding carboxylic acids is 4. The van der Waals surface area contributed by atoms with Gasteiger partial charge in [-0.2, -0.15) is 11.8 Å². The molecule has 0 aliphatic rings. The third-order valence-electron chi connectivity index (χ3n) is 8.61. The van der Waals surface area contributed by atoms with Crippen LogP contribution in [0.25, 0.3) is 0 Å². The number of carbonyl (C=O) groups is 4. The van der Waals surface area contributed by atoms with Crippen LogP contribution >= 0.6 is 35.0 Å². The number of nitrogens with one attached hydrogen (secondary N) is 1. The van der Waals surface area contributed by atoms with Gasteiger partial charge in [-0.25, -0.2) is 0 Å². The standard InChI is InChI=1S/C39H54Cl2N6O5S/c1-4-25-53-26-23-46(38(50)6-3)22-21-45(37(49)5-2)20-18-42-36(48)17-9-14-32-29-47(44-43-32)19-11-24-52-39(51)28-31-13-8-7-12-30(31)27-33-34(40)15-10-16-35(33)41/h7-8,10,12-13,15-16,29H,4-6,9,11,14,17-28H2,1-3H3,(H,42,48). The van der Waals surface area contributed by atoms with Gasteiger partial charge in [0.1, 0.15) is 0 Å². The number of aryl methyl sites for hydroxylation is 2. The van der Waals surface area contributed by atoms with E-state index in [1.165, 1.54) is 0 Å². The van der Waals surface area contributed by atoms with Crippen molar-refractivity contribution >= 4 is 58.7 Å². The first kappa shape index (κ1) is 43.8. The Hall–Kier alpha value is -3.61. The molecule has 0 saturated carbocycles. The highest BCUT2D eigenvalue weighted by molar-refractivity contribution is 7.99. The minimum absolute atomic E-state index is 0.00209. The quantitative estimate of drug-likeness (QED) is 0.0772. The SMILES string of the molecule is CCCSCCN(CCN(CCNC(=O)CCCc1cn(CCCOC(=O)Cc2ccccc2Cc2c(Cl)cccc2Cl)nn1)C(=O)CC)C(=O)CC. The Kier molecular flexibility index (Phi) is 20.4. The van der Waals surface area contributed by atoms with Gasteiger partial charge < -0.3 is 19.9 Å². The van der Waals surface area contributed by atoms with E-state index in [-0.39, 0.29) is 36.7 Å². The molecule has 0 unspecified atom stereocenters. The normalized spacial score (nSPS) is 11.0. The Labute approximate surface area is 328 Å². The number of nitrogens with zero attached hydrogens (tertiary/aromatic N) is 5. The van der Waals surface area contributed by atoms with Crippen molar-refractivity contribution in [3.8, 4) is 0 Å². The molecule has 2 aromatic carbocycles. The average molecular weight is 790 g/mol. The van der Waals surface area contributed by atoms with Crippen molar-refractivity contribution in [1.82, 2.24) is 30.1 Å². The van der Waals surface area contributed by atoms with Gasteiger partial charge in [0.15, 0.2) is 0 Å². The van der Waals surface area contributed by atoms with E-state index in [0.29, 0.717) is 94.3 Å². The largest absolute Gasteiger partial charge is 0.465 e. The third kappa shape index (κ3) is 16.1. The van der Waals surface area contributed by atoms with E-state index in [1.807, 2.05) is 61.0 Å². The van der Waals surface area contributed by atoms with Gasteiger partial charge in [-0.1, -0.05) is 79.5 Å².